The van der Waals surface area contributed by atoms with E-state index < -0.39 is 0 Å². The molecule has 0 aromatic heterocycles. The normalized spacial score (nSPS) is 16.1. The smallest absolute Gasteiger partial charge is 0.220 e. The Balaban J connectivity index is 1.93. The van der Waals surface area contributed by atoms with Gasteiger partial charge in [0.15, 0.2) is 5.96 Å². The molecule has 1 aromatic carbocycles. The second-order valence-corrected chi connectivity index (χ2v) is 6.54. The largest absolute Gasteiger partial charge is 0.359 e. The number of aliphatic imine (C=N–C) groups is 1. The first-order valence-corrected chi connectivity index (χ1v) is 8.98. The summed E-state index contributed by atoms with van der Waals surface area (Å²) in [5.74, 6) is 1.54. The van der Waals surface area contributed by atoms with Gasteiger partial charge < -0.3 is 15.5 Å². The number of amides is 1. The summed E-state index contributed by atoms with van der Waals surface area (Å²) in [7, 11) is 1.70. The molecule has 0 spiro atoms. The topological polar surface area (TPSA) is 56.7 Å². The van der Waals surface area contributed by atoms with Crippen molar-refractivity contribution in [1.29, 1.82) is 0 Å². The molecule has 0 atom stereocenters. The minimum atomic E-state index is 0.134. The molecular formula is C18H27ClN4O. The van der Waals surface area contributed by atoms with Crippen molar-refractivity contribution in [2.75, 3.05) is 26.7 Å². The molecule has 2 N–H and O–H groups in total. The number of carbonyl (C=O) groups excluding carboxylic acids is 1. The van der Waals surface area contributed by atoms with Crippen LogP contribution in [-0.2, 0) is 11.3 Å². The molecule has 5 nitrogen and oxygen atoms in total. The van der Waals surface area contributed by atoms with Crippen LogP contribution in [-0.4, -0.2) is 43.4 Å². The minimum Gasteiger partial charge on any atom is -0.359 e. The van der Waals surface area contributed by atoms with Gasteiger partial charge in [-0.15, -0.1) is 0 Å². The van der Waals surface area contributed by atoms with Crippen LogP contribution in [0.1, 0.15) is 31.7 Å². The highest BCUT2D eigenvalue weighted by Gasteiger charge is 2.22. The zero-order chi connectivity index (χ0) is 17.4. The molecule has 0 bridgehead atoms. The van der Waals surface area contributed by atoms with Crippen molar-refractivity contribution in [2.45, 2.75) is 32.7 Å². The quantitative estimate of drug-likeness (QED) is 0.634. The molecule has 0 unspecified atom stereocenters. The molecule has 0 radical (unpaired) electrons. The van der Waals surface area contributed by atoms with Crippen molar-refractivity contribution < 1.29 is 4.79 Å². The van der Waals surface area contributed by atoms with Crippen LogP contribution in [0.2, 0.25) is 5.02 Å². The predicted molar refractivity (Wildman–Crippen MR) is 99.2 cm³/mol. The van der Waals surface area contributed by atoms with Crippen molar-refractivity contribution in [3.05, 3.63) is 34.9 Å². The number of nitrogens with zero attached hydrogens (tertiary/aromatic N) is 2. The molecule has 1 aliphatic rings. The number of hydrogen-bond acceptors (Lipinski definition) is 2. The van der Waals surface area contributed by atoms with Crippen LogP contribution in [0.25, 0.3) is 0 Å². The highest BCUT2D eigenvalue weighted by Crippen LogP contribution is 2.20. The van der Waals surface area contributed by atoms with E-state index in [9.17, 15) is 4.79 Å². The van der Waals surface area contributed by atoms with Crippen LogP contribution in [0.3, 0.4) is 0 Å². The number of rotatable bonds is 5. The summed E-state index contributed by atoms with van der Waals surface area (Å²) in [4.78, 5) is 18.5. The fraction of sp³-hybridized carbons (Fsp3) is 0.556. The number of halogens is 1. The monoisotopic (exact) mass is 350 g/mol. The Morgan fingerprint density at radius 1 is 1.38 bits per heavy atom. The van der Waals surface area contributed by atoms with Crippen LogP contribution in [0.15, 0.2) is 29.3 Å². The van der Waals surface area contributed by atoms with E-state index in [4.69, 9.17) is 16.6 Å². The van der Waals surface area contributed by atoms with Crippen LogP contribution in [0.5, 0.6) is 0 Å². The number of carbonyl (C=O) groups is 1. The molecule has 2 rings (SSSR count). The highest BCUT2D eigenvalue weighted by atomic mass is 35.5. The summed E-state index contributed by atoms with van der Waals surface area (Å²) in [6, 6.07) is 7.81. The third-order valence-corrected chi connectivity index (χ3v) is 4.54. The maximum Gasteiger partial charge on any atom is 0.220 e. The van der Waals surface area contributed by atoms with E-state index in [1.165, 1.54) is 0 Å². The average molecular weight is 351 g/mol. The number of nitrogens with one attached hydrogen (secondary N) is 2. The van der Waals surface area contributed by atoms with E-state index in [-0.39, 0.29) is 5.91 Å². The van der Waals surface area contributed by atoms with Crippen molar-refractivity contribution >= 4 is 23.5 Å². The molecule has 0 saturated carbocycles. The zero-order valence-electron chi connectivity index (χ0n) is 14.5. The molecule has 0 aliphatic carbocycles. The first kappa shape index (κ1) is 18.6. The molecule has 132 valence electrons. The lowest BCUT2D eigenvalue weighted by molar-refractivity contribution is -0.121. The Hall–Kier alpha value is -1.75. The van der Waals surface area contributed by atoms with Gasteiger partial charge in [-0.2, -0.15) is 0 Å². The van der Waals surface area contributed by atoms with E-state index >= 15 is 0 Å². The number of guanidine groups is 1. The SMILES string of the molecule is CCNC(=NCc1cccc(Cl)c1)N1CCC(CC(=O)NC)CC1. The maximum atomic E-state index is 11.5. The van der Waals surface area contributed by atoms with E-state index in [0.29, 0.717) is 18.9 Å². The zero-order valence-corrected chi connectivity index (χ0v) is 15.3. The molecule has 24 heavy (non-hydrogen) atoms. The second kappa shape index (κ2) is 9.52. The van der Waals surface area contributed by atoms with Gasteiger partial charge in [0, 0.05) is 38.1 Å². The summed E-state index contributed by atoms with van der Waals surface area (Å²) in [5, 5.41) is 6.82. The van der Waals surface area contributed by atoms with E-state index in [2.05, 4.69) is 22.5 Å². The minimum absolute atomic E-state index is 0.134. The van der Waals surface area contributed by atoms with Gasteiger partial charge in [0.1, 0.15) is 0 Å². The van der Waals surface area contributed by atoms with Gasteiger partial charge >= 0.3 is 0 Å². The van der Waals surface area contributed by atoms with E-state index in [0.717, 1.165) is 49.0 Å². The molecule has 6 heteroatoms. The highest BCUT2D eigenvalue weighted by molar-refractivity contribution is 6.30. The lowest BCUT2D eigenvalue weighted by Crippen LogP contribution is -2.46. The van der Waals surface area contributed by atoms with E-state index in [1.54, 1.807) is 7.05 Å². The first-order valence-electron chi connectivity index (χ1n) is 8.60. The number of piperidine rings is 1. The lowest BCUT2D eigenvalue weighted by atomic mass is 9.93. The van der Waals surface area contributed by atoms with Gasteiger partial charge in [-0.25, -0.2) is 4.99 Å². The average Bonchev–Trinajstić information content (AvgIpc) is 2.59. The number of benzene rings is 1. The van der Waals surface area contributed by atoms with Gasteiger partial charge in [0.25, 0.3) is 0 Å². The molecule has 1 saturated heterocycles. The molecule has 1 fully saturated rings. The van der Waals surface area contributed by atoms with Gasteiger partial charge in [0.05, 0.1) is 6.54 Å². The third kappa shape index (κ3) is 5.71. The van der Waals surface area contributed by atoms with Crippen LogP contribution < -0.4 is 10.6 Å². The van der Waals surface area contributed by atoms with Crippen molar-refractivity contribution in [1.82, 2.24) is 15.5 Å². The van der Waals surface area contributed by atoms with Crippen LogP contribution in [0.4, 0.5) is 0 Å². The third-order valence-electron chi connectivity index (χ3n) is 4.30. The van der Waals surface area contributed by atoms with Crippen LogP contribution >= 0.6 is 11.6 Å². The molecular weight excluding hydrogens is 324 g/mol. The van der Waals surface area contributed by atoms with Gasteiger partial charge in [-0.05, 0) is 43.4 Å². The predicted octanol–water partition coefficient (Wildman–Crippen LogP) is 2.65. The fourth-order valence-corrected chi connectivity index (χ4v) is 3.15. The van der Waals surface area contributed by atoms with Crippen molar-refractivity contribution in [3.63, 3.8) is 0 Å². The maximum absolute atomic E-state index is 11.5. The summed E-state index contributed by atoms with van der Waals surface area (Å²) >= 11 is 6.03. The van der Waals surface area contributed by atoms with Crippen molar-refractivity contribution in [3.8, 4) is 0 Å². The Labute approximate surface area is 149 Å². The van der Waals surface area contributed by atoms with Crippen LogP contribution in [0, 0.1) is 5.92 Å². The van der Waals surface area contributed by atoms with Crippen molar-refractivity contribution in [2.24, 2.45) is 10.9 Å². The molecule has 1 amide bonds. The Kier molecular flexibility index (Phi) is 7.37. The summed E-state index contributed by atoms with van der Waals surface area (Å²) in [6.45, 7) is 5.40. The van der Waals surface area contributed by atoms with Gasteiger partial charge in [-0.1, -0.05) is 23.7 Å². The fourth-order valence-electron chi connectivity index (χ4n) is 2.94. The summed E-state index contributed by atoms with van der Waals surface area (Å²) in [5.41, 5.74) is 1.10. The summed E-state index contributed by atoms with van der Waals surface area (Å²) in [6.07, 6.45) is 2.67. The lowest BCUT2D eigenvalue weighted by Gasteiger charge is -2.34. The summed E-state index contributed by atoms with van der Waals surface area (Å²) < 4.78 is 0. The first-order chi connectivity index (χ1) is 11.6. The Bertz CT molecular complexity index is 568. The standard InChI is InChI=1S/C18H27ClN4O/c1-3-21-18(22-13-15-5-4-6-16(19)11-15)23-9-7-14(8-10-23)12-17(24)20-2/h4-6,11,14H,3,7-10,12-13H2,1-2H3,(H,20,24)(H,21,22). The molecule has 1 aromatic rings. The molecule has 1 aliphatic heterocycles. The number of likely N-dealkylation sites (tertiary alicyclic amines) is 1. The Morgan fingerprint density at radius 3 is 2.75 bits per heavy atom. The Morgan fingerprint density at radius 2 is 2.12 bits per heavy atom. The molecule has 1 heterocycles. The second-order valence-electron chi connectivity index (χ2n) is 6.11. The number of hydrogen-bond donors (Lipinski definition) is 2. The van der Waals surface area contributed by atoms with Gasteiger partial charge in [-0.3, -0.25) is 4.79 Å². The van der Waals surface area contributed by atoms with Gasteiger partial charge in [0.2, 0.25) is 5.91 Å². The van der Waals surface area contributed by atoms with E-state index in [1.807, 2.05) is 24.3 Å².